The number of aryl methyl sites for hydroxylation is 2. The molecule has 0 saturated heterocycles. The van der Waals surface area contributed by atoms with Crippen LogP contribution in [0.15, 0.2) is 42.6 Å². The topological polar surface area (TPSA) is 72.7 Å². The number of esters is 1. The first-order valence-corrected chi connectivity index (χ1v) is 8.59. The average molecular weight is 351 g/mol. The van der Waals surface area contributed by atoms with Gasteiger partial charge in [-0.1, -0.05) is 6.92 Å². The van der Waals surface area contributed by atoms with Crippen molar-refractivity contribution in [1.29, 1.82) is 0 Å². The Hall–Kier alpha value is -3.15. The molecule has 3 rings (SSSR count). The van der Waals surface area contributed by atoms with Gasteiger partial charge in [0.2, 0.25) is 0 Å². The standard InChI is InChI=1S/C20H21N3O3/c1-4-16-18(23-11-10-13(3)12-17(23)22-16)19(24)21-15-8-6-14(7-9-15)20(25)26-5-2/h6-12H,4-5H2,1-3H3,(H,21,24). The molecule has 6 nitrogen and oxygen atoms in total. The maximum Gasteiger partial charge on any atom is 0.338 e. The Kier molecular flexibility index (Phi) is 5.02. The normalized spacial score (nSPS) is 10.7. The Bertz CT molecular complexity index is 958. The maximum absolute atomic E-state index is 12.8. The molecule has 1 N–H and O–H groups in total. The van der Waals surface area contributed by atoms with Gasteiger partial charge in [0.15, 0.2) is 0 Å². The van der Waals surface area contributed by atoms with Crippen molar-refractivity contribution in [3.05, 3.63) is 65.1 Å². The first kappa shape index (κ1) is 17.7. The van der Waals surface area contributed by atoms with Gasteiger partial charge in [-0.25, -0.2) is 9.78 Å². The van der Waals surface area contributed by atoms with E-state index in [0.29, 0.717) is 30.0 Å². The third kappa shape index (κ3) is 3.44. The number of amides is 1. The van der Waals surface area contributed by atoms with Crippen LogP contribution in [0, 0.1) is 6.92 Å². The van der Waals surface area contributed by atoms with Gasteiger partial charge in [-0.15, -0.1) is 0 Å². The molecule has 0 saturated carbocycles. The van der Waals surface area contributed by atoms with Crippen LogP contribution in [0.4, 0.5) is 5.69 Å². The summed E-state index contributed by atoms with van der Waals surface area (Å²) in [6.07, 6.45) is 2.51. The van der Waals surface area contributed by atoms with E-state index in [9.17, 15) is 9.59 Å². The van der Waals surface area contributed by atoms with E-state index in [1.54, 1.807) is 35.6 Å². The van der Waals surface area contributed by atoms with Gasteiger partial charge in [0.25, 0.3) is 5.91 Å². The molecule has 0 aliphatic heterocycles. The van der Waals surface area contributed by atoms with Gasteiger partial charge in [0, 0.05) is 11.9 Å². The Labute approximate surface area is 151 Å². The fraction of sp³-hybridized carbons (Fsp3) is 0.250. The Morgan fingerprint density at radius 2 is 1.88 bits per heavy atom. The van der Waals surface area contributed by atoms with Crippen molar-refractivity contribution in [2.75, 3.05) is 11.9 Å². The van der Waals surface area contributed by atoms with Crippen LogP contribution in [0.2, 0.25) is 0 Å². The summed E-state index contributed by atoms with van der Waals surface area (Å²) in [5, 5.41) is 2.87. The summed E-state index contributed by atoms with van der Waals surface area (Å²) in [6, 6.07) is 10.5. The molecular formula is C20H21N3O3. The Balaban J connectivity index is 1.86. The first-order valence-electron chi connectivity index (χ1n) is 8.59. The van der Waals surface area contributed by atoms with E-state index < -0.39 is 0 Å². The largest absolute Gasteiger partial charge is 0.462 e. The van der Waals surface area contributed by atoms with Crippen molar-refractivity contribution < 1.29 is 14.3 Å². The summed E-state index contributed by atoms with van der Waals surface area (Å²) in [5.74, 6) is -0.613. The Morgan fingerprint density at radius 1 is 1.15 bits per heavy atom. The Morgan fingerprint density at radius 3 is 2.54 bits per heavy atom. The van der Waals surface area contributed by atoms with E-state index in [4.69, 9.17) is 4.74 Å². The second-order valence-corrected chi connectivity index (χ2v) is 5.94. The molecule has 3 aromatic rings. The highest BCUT2D eigenvalue weighted by Crippen LogP contribution is 2.18. The van der Waals surface area contributed by atoms with Crippen LogP contribution in [0.5, 0.6) is 0 Å². The number of anilines is 1. The lowest BCUT2D eigenvalue weighted by Crippen LogP contribution is -2.16. The molecular weight excluding hydrogens is 330 g/mol. The average Bonchev–Trinajstić information content (AvgIpc) is 3.00. The molecule has 0 fully saturated rings. The highest BCUT2D eigenvalue weighted by Gasteiger charge is 2.18. The van der Waals surface area contributed by atoms with Crippen molar-refractivity contribution in [1.82, 2.24) is 9.38 Å². The number of rotatable bonds is 5. The van der Waals surface area contributed by atoms with E-state index >= 15 is 0 Å². The molecule has 1 amide bonds. The van der Waals surface area contributed by atoms with E-state index in [1.807, 2.05) is 32.2 Å². The highest BCUT2D eigenvalue weighted by atomic mass is 16.5. The molecule has 0 bridgehead atoms. The number of imidazole rings is 1. The van der Waals surface area contributed by atoms with Gasteiger partial charge >= 0.3 is 5.97 Å². The second-order valence-electron chi connectivity index (χ2n) is 5.94. The molecule has 0 radical (unpaired) electrons. The minimum absolute atomic E-state index is 0.234. The number of ether oxygens (including phenoxy) is 1. The van der Waals surface area contributed by atoms with E-state index in [-0.39, 0.29) is 11.9 Å². The van der Waals surface area contributed by atoms with Crippen LogP contribution in [0.25, 0.3) is 5.65 Å². The molecule has 0 spiro atoms. The molecule has 26 heavy (non-hydrogen) atoms. The monoisotopic (exact) mass is 351 g/mol. The van der Waals surface area contributed by atoms with Crippen molar-refractivity contribution >= 4 is 23.2 Å². The summed E-state index contributed by atoms with van der Waals surface area (Å²) in [7, 11) is 0. The van der Waals surface area contributed by atoms with Crippen LogP contribution < -0.4 is 5.32 Å². The molecule has 0 unspecified atom stereocenters. The van der Waals surface area contributed by atoms with Gasteiger partial charge in [-0.05, 0) is 62.2 Å². The van der Waals surface area contributed by atoms with Gasteiger partial charge in [-0.2, -0.15) is 0 Å². The van der Waals surface area contributed by atoms with Crippen molar-refractivity contribution in [3.63, 3.8) is 0 Å². The van der Waals surface area contributed by atoms with Crippen LogP contribution in [-0.4, -0.2) is 27.9 Å². The zero-order chi connectivity index (χ0) is 18.7. The lowest BCUT2D eigenvalue weighted by atomic mass is 10.2. The number of aromatic nitrogens is 2. The number of fused-ring (bicyclic) bond motifs is 1. The highest BCUT2D eigenvalue weighted by molar-refractivity contribution is 6.04. The fourth-order valence-electron chi connectivity index (χ4n) is 2.78. The molecule has 2 heterocycles. The van der Waals surface area contributed by atoms with Crippen LogP contribution in [-0.2, 0) is 11.2 Å². The lowest BCUT2D eigenvalue weighted by molar-refractivity contribution is 0.0526. The number of hydrogen-bond acceptors (Lipinski definition) is 4. The summed E-state index contributed by atoms with van der Waals surface area (Å²) in [5.41, 5.74) is 4.17. The third-order valence-corrected chi connectivity index (χ3v) is 4.06. The van der Waals surface area contributed by atoms with E-state index in [2.05, 4.69) is 10.3 Å². The number of nitrogens with one attached hydrogen (secondary N) is 1. The van der Waals surface area contributed by atoms with Crippen molar-refractivity contribution in [2.45, 2.75) is 27.2 Å². The minimum Gasteiger partial charge on any atom is -0.462 e. The number of pyridine rings is 1. The summed E-state index contributed by atoms with van der Waals surface area (Å²) in [4.78, 5) is 29.1. The molecule has 6 heteroatoms. The summed E-state index contributed by atoms with van der Waals surface area (Å²) in [6.45, 7) is 6.05. The number of hydrogen-bond donors (Lipinski definition) is 1. The predicted octanol–water partition coefficient (Wildman–Crippen LogP) is 3.63. The fourth-order valence-corrected chi connectivity index (χ4v) is 2.78. The van der Waals surface area contributed by atoms with Gasteiger partial charge in [0.1, 0.15) is 11.3 Å². The maximum atomic E-state index is 12.8. The van der Waals surface area contributed by atoms with Crippen LogP contribution in [0.3, 0.4) is 0 Å². The molecule has 0 aliphatic rings. The number of carbonyl (C=O) groups is 2. The molecule has 134 valence electrons. The van der Waals surface area contributed by atoms with Gasteiger partial charge < -0.3 is 10.1 Å². The zero-order valence-corrected chi connectivity index (χ0v) is 15.1. The van der Waals surface area contributed by atoms with Crippen LogP contribution in [0.1, 0.15) is 46.0 Å². The van der Waals surface area contributed by atoms with E-state index in [0.717, 1.165) is 16.9 Å². The number of carbonyl (C=O) groups excluding carboxylic acids is 2. The van der Waals surface area contributed by atoms with Crippen LogP contribution >= 0.6 is 0 Å². The second kappa shape index (κ2) is 7.39. The van der Waals surface area contributed by atoms with Crippen molar-refractivity contribution in [3.8, 4) is 0 Å². The summed E-state index contributed by atoms with van der Waals surface area (Å²) >= 11 is 0. The number of nitrogens with zero attached hydrogens (tertiary/aromatic N) is 2. The SMILES string of the molecule is CCOC(=O)c1ccc(NC(=O)c2c(CC)nc3cc(C)ccn23)cc1. The molecule has 0 aliphatic carbocycles. The zero-order valence-electron chi connectivity index (χ0n) is 15.1. The molecule has 2 aromatic heterocycles. The smallest absolute Gasteiger partial charge is 0.338 e. The van der Waals surface area contributed by atoms with Crippen molar-refractivity contribution in [2.24, 2.45) is 0 Å². The van der Waals surface area contributed by atoms with Gasteiger partial charge in [-0.3, -0.25) is 9.20 Å². The first-order chi connectivity index (χ1) is 12.5. The lowest BCUT2D eigenvalue weighted by Gasteiger charge is -2.08. The quantitative estimate of drug-likeness (QED) is 0.713. The predicted molar refractivity (Wildman–Crippen MR) is 99.7 cm³/mol. The molecule has 1 aromatic carbocycles. The number of benzene rings is 1. The van der Waals surface area contributed by atoms with E-state index in [1.165, 1.54) is 0 Å². The summed E-state index contributed by atoms with van der Waals surface area (Å²) < 4.78 is 6.76. The van der Waals surface area contributed by atoms with Gasteiger partial charge in [0.05, 0.1) is 17.9 Å². The minimum atomic E-state index is -0.379. The third-order valence-electron chi connectivity index (χ3n) is 4.06. The molecule has 0 atom stereocenters.